The van der Waals surface area contributed by atoms with Crippen LogP contribution in [0, 0.1) is 5.92 Å². The third-order valence-electron chi connectivity index (χ3n) is 3.91. The van der Waals surface area contributed by atoms with Gasteiger partial charge >= 0.3 is 5.97 Å². The third-order valence-corrected chi connectivity index (χ3v) is 3.91. The Bertz CT molecular complexity index is 481. The van der Waals surface area contributed by atoms with E-state index in [4.69, 9.17) is 0 Å². The number of rotatable bonds is 3. The van der Waals surface area contributed by atoms with E-state index in [9.17, 15) is 14.7 Å². The first kappa shape index (κ1) is 13.6. The average molecular weight is 261 g/mol. The van der Waals surface area contributed by atoms with Crippen molar-refractivity contribution in [2.45, 2.75) is 32.2 Å². The van der Waals surface area contributed by atoms with Gasteiger partial charge in [-0.15, -0.1) is 0 Å². The highest BCUT2D eigenvalue weighted by atomic mass is 16.4. The number of carbonyl (C=O) groups excluding carboxylic acids is 1. The number of benzene rings is 1. The van der Waals surface area contributed by atoms with E-state index in [1.165, 1.54) is 5.56 Å². The van der Waals surface area contributed by atoms with Crippen molar-refractivity contribution in [3.63, 3.8) is 0 Å². The van der Waals surface area contributed by atoms with Crippen molar-refractivity contribution < 1.29 is 14.7 Å². The van der Waals surface area contributed by atoms with Gasteiger partial charge in [0.2, 0.25) is 5.91 Å². The predicted molar refractivity (Wildman–Crippen MR) is 71.7 cm³/mol. The highest BCUT2D eigenvalue weighted by Gasteiger charge is 2.38. The summed E-state index contributed by atoms with van der Waals surface area (Å²) in [5.74, 6) is -1.33. The maximum absolute atomic E-state index is 11.8. The second-order valence-electron chi connectivity index (χ2n) is 5.03. The minimum Gasteiger partial charge on any atom is -0.481 e. The molecule has 0 aromatic heterocycles. The van der Waals surface area contributed by atoms with Crippen LogP contribution in [0.15, 0.2) is 24.3 Å². The van der Waals surface area contributed by atoms with E-state index in [1.807, 2.05) is 24.3 Å². The lowest BCUT2D eigenvalue weighted by molar-refractivity contribution is -0.150. The number of hydrogen-bond donors (Lipinski definition) is 1. The molecule has 1 amide bonds. The standard InChI is InChI=1S/C15H19NO3/c1-3-10-4-6-11(7-5-10)14-12(15(18)19)8-9-13(17)16(14)2/h4-7,12,14H,3,8-9H2,1-2H3,(H,18,19). The van der Waals surface area contributed by atoms with Crippen molar-refractivity contribution in [2.75, 3.05) is 7.05 Å². The number of carboxylic acid groups (broad SMARTS) is 1. The molecule has 0 aliphatic carbocycles. The Labute approximate surface area is 113 Å². The molecule has 1 saturated heterocycles. The van der Waals surface area contributed by atoms with E-state index in [2.05, 4.69) is 6.92 Å². The number of likely N-dealkylation sites (tertiary alicyclic amines) is 1. The van der Waals surface area contributed by atoms with Gasteiger partial charge in [0, 0.05) is 13.5 Å². The van der Waals surface area contributed by atoms with Crippen LogP contribution in [0.4, 0.5) is 0 Å². The Morgan fingerprint density at radius 2 is 2.00 bits per heavy atom. The number of hydrogen-bond acceptors (Lipinski definition) is 2. The van der Waals surface area contributed by atoms with E-state index in [0.717, 1.165) is 12.0 Å². The number of aliphatic carboxylic acids is 1. The van der Waals surface area contributed by atoms with E-state index in [1.54, 1.807) is 11.9 Å². The zero-order valence-corrected chi connectivity index (χ0v) is 11.3. The fourth-order valence-corrected chi connectivity index (χ4v) is 2.70. The largest absolute Gasteiger partial charge is 0.481 e. The molecule has 102 valence electrons. The van der Waals surface area contributed by atoms with Gasteiger partial charge in [-0.3, -0.25) is 9.59 Å². The van der Waals surface area contributed by atoms with Crippen LogP contribution in [-0.4, -0.2) is 28.9 Å². The molecule has 0 radical (unpaired) electrons. The molecule has 0 spiro atoms. The van der Waals surface area contributed by atoms with Crippen LogP contribution in [0.5, 0.6) is 0 Å². The number of piperidine rings is 1. The summed E-state index contributed by atoms with van der Waals surface area (Å²) in [5, 5.41) is 9.34. The minimum atomic E-state index is -0.830. The van der Waals surface area contributed by atoms with Crippen molar-refractivity contribution in [1.82, 2.24) is 4.90 Å². The van der Waals surface area contributed by atoms with Gasteiger partial charge in [-0.05, 0) is 24.0 Å². The molecule has 2 rings (SSSR count). The molecule has 2 atom stereocenters. The van der Waals surface area contributed by atoms with Gasteiger partial charge in [-0.2, -0.15) is 0 Å². The molecule has 1 N–H and O–H groups in total. The number of carboxylic acids is 1. The molecular formula is C15H19NO3. The predicted octanol–water partition coefficient (Wildman–Crippen LogP) is 2.24. The quantitative estimate of drug-likeness (QED) is 0.907. The normalized spacial score (nSPS) is 23.5. The molecule has 2 unspecified atom stereocenters. The molecule has 1 fully saturated rings. The Morgan fingerprint density at radius 1 is 1.37 bits per heavy atom. The molecule has 1 aliphatic rings. The Hall–Kier alpha value is -1.84. The van der Waals surface area contributed by atoms with Crippen LogP contribution in [0.25, 0.3) is 0 Å². The summed E-state index contributed by atoms with van der Waals surface area (Å²) < 4.78 is 0. The van der Waals surface area contributed by atoms with Crippen molar-refractivity contribution in [2.24, 2.45) is 5.92 Å². The van der Waals surface area contributed by atoms with Crippen LogP contribution in [-0.2, 0) is 16.0 Å². The van der Waals surface area contributed by atoms with Crippen LogP contribution >= 0.6 is 0 Å². The third kappa shape index (κ3) is 2.62. The lowest BCUT2D eigenvalue weighted by Gasteiger charge is -2.37. The number of aryl methyl sites for hydroxylation is 1. The molecule has 1 heterocycles. The van der Waals surface area contributed by atoms with Gasteiger partial charge in [-0.1, -0.05) is 31.2 Å². The number of amides is 1. The zero-order valence-electron chi connectivity index (χ0n) is 11.3. The average Bonchev–Trinajstić information content (AvgIpc) is 2.41. The van der Waals surface area contributed by atoms with Crippen molar-refractivity contribution in [3.8, 4) is 0 Å². The lowest BCUT2D eigenvalue weighted by atomic mass is 9.84. The summed E-state index contributed by atoms with van der Waals surface area (Å²) in [6.45, 7) is 2.07. The zero-order chi connectivity index (χ0) is 14.0. The topological polar surface area (TPSA) is 57.6 Å². The van der Waals surface area contributed by atoms with Crippen LogP contribution in [0.2, 0.25) is 0 Å². The van der Waals surface area contributed by atoms with Gasteiger partial charge < -0.3 is 10.0 Å². The molecule has 0 bridgehead atoms. The maximum Gasteiger partial charge on any atom is 0.308 e. The van der Waals surface area contributed by atoms with Crippen LogP contribution in [0.1, 0.15) is 36.9 Å². The molecule has 19 heavy (non-hydrogen) atoms. The molecule has 1 aliphatic heterocycles. The molecule has 4 nitrogen and oxygen atoms in total. The number of nitrogens with zero attached hydrogens (tertiary/aromatic N) is 1. The van der Waals surface area contributed by atoms with Gasteiger partial charge in [-0.25, -0.2) is 0 Å². The van der Waals surface area contributed by atoms with Crippen LogP contribution in [0.3, 0.4) is 0 Å². The van der Waals surface area contributed by atoms with Gasteiger partial charge in [0.05, 0.1) is 12.0 Å². The molecule has 1 aromatic rings. The Balaban J connectivity index is 2.34. The van der Waals surface area contributed by atoms with Gasteiger partial charge in [0.1, 0.15) is 0 Å². The van der Waals surface area contributed by atoms with E-state index in [0.29, 0.717) is 12.8 Å². The Morgan fingerprint density at radius 3 is 2.53 bits per heavy atom. The molecule has 0 saturated carbocycles. The smallest absolute Gasteiger partial charge is 0.308 e. The summed E-state index contributed by atoms with van der Waals surface area (Å²) >= 11 is 0. The summed E-state index contributed by atoms with van der Waals surface area (Å²) in [5.41, 5.74) is 2.11. The van der Waals surface area contributed by atoms with E-state index >= 15 is 0 Å². The van der Waals surface area contributed by atoms with Crippen molar-refractivity contribution >= 4 is 11.9 Å². The maximum atomic E-state index is 11.8. The summed E-state index contributed by atoms with van der Waals surface area (Å²) in [7, 11) is 1.69. The second kappa shape index (κ2) is 5.43. The monoisotopic (exact) mass is 261 g/mol. The highest BCUT2D eigenvalue weighted by molar-refractivity contribution is 5.81. The van der Waals surface area contributed by atoms with Gasteiger partial charge in [0.25, 0.3) is 0 Å². The molecule has 1 aromatic carbocycles. The van der Waals surface area contributed by atoms with Crippen molar-refractivity contribution in [3.05, 3.63) is 35.4 Å². The number of carbonyl (C=O) groups is 2. The lowest BCUT2D eigenvalue weighted by Crippen LogP contribution is -2.42. The minimum absolute atomic E-state index is 0.0158. The van der Waals surface area contributed by atoms with Crippen LogP contribution < -0.4 is 0 Å². The van der Waals surface area contributed by atoms with Crippen molar-refractivity contribution in [1.29, 1.82) is 0 Å². The summed E-state index contributed by atoms with van der Waals surface area (Å²) in [4.78, 5) is 24.8. The first-order valence-corrected chi connectivity index (χ1v) is 6.62. The second-order valence-corrected chi connectivity index (χ2v) is 5.03. The van der Waals surface area contributed by atoms with E-state index < -0.39 is 11.9 Å². The molecular weight excluding hydrogens is 242 g/mol. The first-order valence-electron chi connectivity index (χ1n) is 6.62. The van der Waals surface area contributed by atoms with Gasteiger partial charge in [0.15, 0.2) is 0 Å². The Kier molecular flexibility index (Phi) is 3.88. The fourth-order valence-electron chi connectivity index (χ4n) is 2.70. The fraction of sp³-hybridized carbons (Fsp3) is 0.467. The molecule has 4 heteroatoms. The van der Waals surface area contributed by atoms with E-state index in [-0.39, 0.29) is 11.9 Å². The summed E-state index contributed by atoms with van der Waals surface area (Å²) in [6.07, 6.45) is 1.68. The highest BCUT2D eigenvalue weighted by Crippen LogP contribution is 2.35. The first-order chi connectivity index (χ1) is 9.04. The summed E-state index contributed by atoms with van der Waals surface area (Å²) in [6, 6.07) is 7.52. The SMILES string of the molecule is CCc1ccc(C2C(C(=O)O)CCC(=O)N2C)cc1.